The minimum Gasteiger partial charge on any atom is -0.403 e. The molecule has 9 heteroatoms. The van der Waals surface area contributed by atoms with E-state index in [9.17, 15) is 9.59 Å². The topological polar surface area (TPSA) is 97.5 Å². The standard InChI is InChI=1S/C16H16ClN3O4S/c1-4-9-6-11(21)23-15-12(9)14(22)18-16(19-15)24-20-8(3)10-5-7(2)25-13(10)17/h6-7H,4-5H2,1-3H3,(H,18,19,22)/b20-8-. The number of nitrogens with one attached hydrogen (secondary N) is 1. The van der Waals surface area contributed by atoms with Crippen LogP contribution in [0.25, 0.3) is 11.1 Å². The molecule has 1 aliphatic heterocycles. The molecule has 0 radical (unpaired) electrons. The van der Waals surface area contributed by atoms with Gasteiger partial charge in [0.2, 0.25) is 5.71 Å². The lowest BCUT2D eigenvalue weighted by Crippen LogP contribution is -2.14. The fraction of sp³-hybridized carbons (Fsp3) is 0.375. The molecule has 0 saturated carbocycles. The summed E-state index contributed by atoms with van der Waals surface area (Å²) >= 11 is 7.76. The molecule has 2 aromatic rings. The molecule has 0 spiro atoms. The van der Waals surface area contributed by atoms with Crippen LogP contribution in [-0.2, 0) is 6.42 Å². The average Bonchev–Trinajstić information content (AvgIpc) is 2.89. The third-order valence-corrected chi connectivity index (χ3v) is 5.31. The molecule has 1 unspecified atom stereocenters. The van der Waals surface area contributed by atoms with E-state index in [2.05, 4.69) is 22.0 Å². The van der Waals surface area contributed by atoms with Crippen LogP contribution in [0.5, 0.6) is 6.01 Å². The van der Waals surface area contributed by atoms with Gasteiger partial charge in [-0.15, -0.1) is 11.8 Å². The molecule has 2 aromatic heterocycles. The second-order valence-electron chi connectivity index (χ2n) is 5.65. The highest BCUT2D eigenvalue weighted by Gasteiger charge is 2.22. The van der Waals surface area contributed by atoms with Gasteiger partial charge in [-0.05, 0) is 25.3 Å². The van der Waals surface area contributed by atoms with Crippen molar-refractivity contribution in [2.45, 2.75) is 38.9 Å². The van der Waals surface area contributed by atoms with Gasteiger partial charge >= 0.3 is 11.6 Å². The summed E-state index contributed by atoms with van der Waals surface area (Å²) in [4.78, 5) is 35.6. The number of allylic oxidation sites excluding steroid dienone is 1. The zero-order valence-electron chi connectivity index (χ0n) is 13.9. The van der Waals surface area contributed by atoms with Gasteiger partial charge in [0.05, 0.1) is 10.1 Å². The Labute approximate surface area is 152 Å². The first-order chi connectivity index (χ1) is 11.9. The van der Waals surface area contributed by atoms with Gasteiger partial charge in [-0.3, -0.25) is 9.78 Å². The number of thioether (sulfide) groups is 1. The van der Waals surface area contributed by atoms with Crippen LogP contribution in [0.15, 0.2) is 35.2 Å². The van der Waals surface area contributed by atoms with E-state index >= 15 is 0 Å². The Morgan fingerprint density at radius 1 is 1.56 bits per heavy atom. The number of H-pyrrole nitrogens is 1. The Morgan fingerprint density at radius 3 is 2.96 bits per heavy atom. The highest BCUT2D eigenvalue weighted by atomic mass is 35.5. The maximum atomic E-state index is 12.3. The molecule has 1 N–H and O–H groups in total. The summed E-state index contributed by atoms with van der Waals surface area (Å²) in [5, 5.41) is 4.60. The first-order valence-electron chi connectivity index (χ1n) is 7.73. The number of hydrogen-bond donors (Lipinski definition) is 1. The van der Waals surface area contributed by atoms with Crippen molar-refractivity contribution < 1.29 is 9.25 Å². The number of halogens is 1. The van der Waals surface area contributed by atoms with Crippen LogP contribution in [0.3, 0.4) is 0 Å². The van der Waals surface area contributed by atoms with Gasteiger partial charge in [-0.2, -0.15) is 4.98 Å². The van der Waals surface area contributed by atoms with Crippen molar-refractivity contribution in [2.24, 2.45) is 5.16 Å². The number of rotatable bonds is 4. The Morgan fingerprint density at radius 2 is 2.32 bits per heavy atom. The summed E-state index contributed by atoms with van der Waals surface area (Å²) < 4.78 is 5.71. The van der Waals surface area contributed by atoms with Crippen molar-refractivity contribution in [1.82, 2.24) is 9.97 Å². The zero-order valence-corrected chi connectivity index (χ0v) is 15.5. The molecule has 1 atom stereocenters. The van der Waals surface area contributed by atoms with Crippen molar-refractivity contribution in [3.8, 4) is 6.01 Å². The van der Waals surface area contributed by atoms with Gasteiger partial charge in [0, 0.05) is 16.9 Å². The van der Waals surface area contributed by atoms with Gasteiger partial charge in [0.25, 0.3) is 5.56 Å². The molecular weight excluding hydrogens is 366 g/mol. The number of oxime groups is 1. The second kappa shape index (κ2) is 7.05. The quantitative estimate of drug-likeness (QED) is 0.645. The summed E-state index contributed by atoms with van der Waals surface area (Å²) in [6, 6.07) is 1.14. The third kappa shape index (κ3) is 3.64. The highest BCUT2D eigenvalue weighted by molar-refractivity contribution is 8.05. The predicted molar refractivity (Wildman–Crippen MR) is 98.6 cm³/mol. The van der Waals surface area contributed by atoms with Crippen molar-refractivity contribution >= 4 is 40.2 Å². The maximum absolute atomic E-state index is 12.3. The van der Waals surface area contributed by atoms with Crippen molar-refractivity contribution in [3.63, 3.8) is 0 Å². The van der Waals surface area contributed by atoms with E-state index in [0.717, 1.165) is 12.0 Å². The minimum absolute atomic E-state index is 0.0711. The number of nitrogens with zero attached hydrogens (tertiary/aromatic N) is 2. The maximum Gasteiger partial charge on any atom is 0.337 e. The van der Waals surface area contributed by atoms with Gasteiger partial charge < -0.3 is 9.25 Å². The monoisotopic (exact) mass is 381 g/mol. The molecule has 0 aliphatic carbocycles. The lowest BCUT2D eigenvalue weighted by atomic mass is 10.1. The molecule has 3 heterocycles. The van der Waals surface area contributed by atoms with Crippen LogP contribution < -0.4 is 16.0 Å². The van der Waals surface area contributed by atoms with E-state index in [-0.39, 0.29) is 17.1 Å². The smallest absolute Gasteiger partial charge is 0.337 e. The van der Waals surface area contributed by atoms with E-state index in [1.165, 1.54) is 6.07 Å². The van der Waals surface area contributed by atoms with E-state index in [4.69, 9.17) is 20.9 Å². The summed E-state index contributed by atoms with van der Waals surface area (Å²) in [5.41, 5.74) is 0.992. The van der Waals surface area contributed by atoms with Gasteiger partial charge in [-0.1, -0.05) is 30.6 Å². The van der Waals surface area contributed by atoms with Gasteiger partial charge in [-0.25, -0.2) is 4.79 Å². The van der Waals surface area contributed by atoms with Crippen molar-refractivity contribution in [1.29, 1.82) is 0 Å². The molecule has 0 saturated heterocycles. The van der Waals surface area contributed by atoms with Crippen LogP contribution in [0.4, 0.5) is 0 Å². The predicted octanol–water partition coefficient (Wildman–Crippen LogP) is 3.17. The SMILES string of the molecule is CCc1cc(=O)oc2nc(O/N=C(/C)C3=C(Cl)SC(C)C3)[nH]c(=O)c12. The first-order valence-corrected chi connectivity index (χ1v) is 8.99. The summed E-state index contributed by atoms with van der Waals surface area (Å²) in [7, 11) is 0. The third-order valence-electron chi connectivity index (χ3n) is 3.80. The Hall–Kier alpha value is -2.06. The normalized spacial score (nSPS) is 18.2. The molecule has 0 amide bonds. The van der Waals surface area contributed by atoms with Crippen LogP contribution in [-0.4, -0.2) is 20.9 Å². The lowest BCUT2D eigenvalue weighted by Gasteiger charge is -2.04. The van der Waals surface area contributed by atoms with Gasteiger partial charge in [0.15, 0.2) is 0 Å². The van der Waals surface area contributed by atoms with Crippen molar-refractivity contribution in [2.75, 3.05) is 0 Å². The zero-order chi connectivity index (χ0) is 18.1. The van der Waals surface area contributed by atoms with E-state index < -0.39 is 11.2 Å². The lowest BCUT2D eigenvalue weighted by molar-refractivity contribution is 0.311. The number of aromatic nitrogens is 2. The van der Waals surface area contributed by atoms with Crippen LogP contribution >= 0.6 is 23.4 Å². The molecule has 1 aliphatic rings. The van der Waals surface area contributed by atoms with E-state index in [0.29, 0.717) is 27.3 Å². The Kier molecular flexibility index (Phi) is 5.01. The van der Waals surface area contributed by atoms with Crippen LogP contribution in [0.1, 0.15) is 32.8 Å². The Balaban J connectivity index is 1.95. The summed E-state index contributed by atoms with van der Waals surface area (Å²) in [5.74, 6) is 0. The minimum atomic E-state index is -0.568. The number of fused-ring (bicyclic) bond motifs is 1. The second-order valence-corrected chi connectivity index (χ2v) is 7.70. The van der Waals surface area contributed by atoms with Gasteiger partial charge in [0.1, 0.15) is 5.39 Å². The Bertz CT molecular complexity index is 1010. The molecule has 3 rings (SSSR count). The molecule has 0 fully saturated rings. The molecule has 7 nitrogen and oxygen atoms in total. The van der Waals surface area contributed by atoms with E-state index in [1.54, 1.807) is 18.7 Å². The fourth-order valence-corrected chi connectivity index (χ4v) is 4.21. The molecule has 0 bridgehead atoms. The average molecular weight is 382 g/mol. The van der Waals surface area contributed by atoms with Crippen molar-refractivity contribution in [3.05, 3.63) is 42.3 Å². The summed E-state index contributed by atoms with van der Waals surface area (Å²) in [6.45, 7) is 5.68. The number of hydrogen-bond acceptors (Lipinski definition) is 7. The molecule has 0 aromatic carbocycles. The largest absolute Gasteiger partial charge is 0.403 e. The van der Waals surface area contributed by atoms with Crippen LogP contribution in [0.2, 0.25) is 0 Å². The molecule has 25 heavy (non-hydrogen) atoms. The highest BCUT2D eigenvalue weighted by Crippen LogP contribution is 2.40. The summed E-state index contributed by atoms with van der Waals surface area (Å²) in [6.07, 6.45) is 1.30. The number of aryl methyl sites for hydroxylation is 1. The first kappa shape index (κ1) is 17.8. The molecule has 132 valence electrons. The number of aromatic amines is 1. The molecular formula is C16H16ClN3O4S. The fourth-order valence-electron chi connectivity index (χ4n) is 2.56. The van der Waals surface area contributed by atoms with E-state index in [1.807, 2.05) is 6.92 Å². The van der Waals surface area contributed by atoms with Crippen LogP contribution in [0, 0.1) is 0 Å².